The molecule has 1 N–H and O–H groups in total. The number of methoxy groups -OCH3 is 1. The molecule has 3 nitrogen and oxygen atoms in total. The fourth-order valence-electron chi connectivity index (χ4n) is 3.66. The maximum Gasteiger partial charge on any atom is 0.251 e. The first-order valence-corrected chi connectivity index (χ1v) is 8.70. The van der Waals surface area contributed by atoms with Crippen molar-refractivity contribution in [1.82, 2.24) is 5.32 Å². The number of allylic oxidation sites excluding steroid dienone is 1. The maximum atomic E-state index is 12.5. The number of rotatable bonds is 7. The van der Waals surface area contributed by atoms with Gasteiger partial charge in [0.15, 0.2) is 0 Å². The summed E-state index contributed by atoms with van der Waals surface area (Å²) in [6.45, 7) is 6.54. The van der Waals surface area contributed by atoms with E-state index in [9.17, 15) is 4.79 Å². The summed E-state index contributed by atoms with van der Waals surface area (Å²) in [5, 5.41) is 3.13. The van der Waals surface area contributed by atoms with Gasteiger partial charge in [-0.15, -0.1) is 6.58 Å². The molecule has 1 aromatic rings. The van der Waals surface area contributed by atoms with Gasteiger partial charge in [0.25, 0.3) is 5.91 Å². The minimum atomic E-state index is -0.00808. The predicted molar refractivity (Wildman–Crippen MR) is 94.9 cm³/mol. The molecule has 1 amide bonds. The minimum absolute atomic E-state index is 0.00808. The molecule has 1 atom stereocenters. The summed E-state index contributed by atoms with van der Waals surface area (Å²) in [5.74, 6) is 1.97. The van der Waals surface area contributed by atoms with Crippen molar-refractivity contribution in [2.75, 3.05) is 13.7 Å². The van der Waals surface area contributed by atoms with Crippen LogP contribution in [0.1, 0.15) is 54.4 Å². The van der Waals surface area contributed by atoms with E-state index in [4.69, 9.17) is 4.74 Å². The van der Waals surface area contributed by atoms with Gasteiger partial charge >= 0.3 is 0 Å². The van der Waals surface area contributed by atoms with E-state index in [2.05, 4.69) is 11.9 Å². The van der Waals surface area contributed by atoms with Crippen molar-refractivity contribution in [3.63, 3.8) is 0 Å². The maximum absolute atomic E-state index is 12.5. The van der Waals surface area contributed by atoms with Crippen LogP contribution in [0.3, 0.4) is 0 Å². The monoisotopic (exact) mass is 315 g/mol. The first-order valence-electron chi connectivity index (χ1n) is 8.70. The molecule has 1 aliphatic rings. The van der Waals surface area contributed by atoms with E-state index in [-0.39, 0.29) is 5.91 Å². The lowest BCUT2D eigenvalue weighted by Crippen LogP contribution is -2.33. The molecule has 3 heteroatoms. The van der Waals surface area contributed by atoms with Gasteiger partial charge in [0, 0.05) is 17.7 Å². The number of benzene rings is 1. The standard InChI is InChI=1S/C20H29NO2/c1-4-9-17(16-10-6-5-7-11-16)14-21-20(22)18-12-8-13-19(23-3)15(18)2/h4,8,12-13,16-17H,1,5-7,9-11,14H2,2-3H3,(H,21,22)/t17-/m0/s1. The fraction of sp³-hybridized carbons (Fsp3) is 0.550. The summed E-state index contributed by atoms with van der Waals surface area (Å²) in [5.41, 5.74) is 1.59. The SMILES string of the molecule is C=CC[C@@H](CNC(=O)c1cccc(OC)c1C)C1CCCCC1. The second kappa shape index (κ2) is 8.76. The van der Waals surface area contributed by atoms with E-state index < -0.39 is 0 Å². The van der Waals surface area contributed by atoms with Crippen LogP contribution in [0.2, 0.25) is 0 Å². The highest BCUT2D eigenvalue weighted by Gasteiger charge is 2.23. The van der Waals surface area contributed by atoms with Gasteiger partial charge in [-0.05, 0) is 37.3 Å². The summed E-state index contributed by atoms with van der Waals surface area (Å²) < 4.78 is 5.30. The number of nitrogens with one attached hydrogen (secondary N) is 1. The van der Waals surface area contributed by atoms with E-state index in [1.165, 1.54) is 32.1 Å². The zero-order valence-corrected chi connectivity index (χ0v) is 14.4. The number of amides is 1. The largest absolute Gasteiger partial charge is 0.496 e. The second-order valence-electron chi connectivity index (χ2n) is 6.53. The van der Waals surface area contributed by atoms with Crippen LogP contribution in [0.4, 0.5) is 0 Å². The zero-order valence-electron chi connectivity index (χ0n) is 14.4. The zero-order chi connectivity index (χ0) is 16.7. The normalized spacial score (nSPS) is 16.6. The fourth-order valence-corrected chi connectivity index (χ4v) is 3.66. The molecule has 0 bridgehead atoms. The van der Waals surface area contributed by atoms with Gasteiger partial charge in [-0.2, -0.15) is 0 Å². The topological polar surface area (TPSA) is 38.3 Å². The third kappa shape index (κ3) is 4.60. The highest BCUT2D eigenvalue weighted by atomic mass is 16.5. The Morgan fingerprint density at radius 1 is 1.39 bits per heavy atom. The van der Waals surface area contributed by atoms with Crippen molar-refractivity contribution in [1.29, 1.82) is 0 Å². The molecule has 0 heterocycles. The van der Waals surface area contributed by atoms with Crippen LogP contribution in [-0.2, 0) is 0 Å². The minimum Gasteiger partial charge on any atom is -0.496 e. The van der Waals surface area contributed by atoms with E-state index in [0.29, 0.717) is 17.4 Å². The summed E-state index contributed by atoms with van der Waals surface area (Å²) in [6.07, 6.45) is 9.53. The number of hydrogen-bond donors (Lipinski definition) is 1. The van der Waals surface area contributed by atoms with E-state index >= 15 is 0 Å². The van der Waals surface area contributed by atoms with Crippen LogP contribution in [-0.4, -0.2) is 19.6 Å². The lowest BCUT2D eigenvalue weighted by Gasteiger charge is -2.30. The van der Waals surface area contributed by atoms with Crippen molar-refractivity contribution < 1.29 is 9.53 Å². The van der Waals surface area contributed by atoms with Crippen molar-refractivity contribution in [3.8, 4) is 5.75 Å². The van der Waals surface area contributed by atoms with Crippen LogP contribution in [0, 0.1) is 18.8 Å². The molecule has 1 saturated carbocycles. The van der Waals surface area contributed by atoms with Gasteiger partial charge in [0.05, 0.1) is 7.11 Å². The van der Waals surface area contributed by atoms with Gasteiger partial charge in [-0.1, -0.05) is 44.2 Å². The first kappa shape index (κ1) is 17.6. The van der Waals surface area contributed by atoms with Crippen molar-refractivity contribution in [2.24, 2.45) is 11.8 Å². The van der Waals surface area contributed by atoms with Crippen LogP contribution in [0.15, 0.2) is 30.9 Å². The molecule has 0 aromatic heterocycles. The van der Waals surface area contributed by atoms with Crippen molar-refractivity contribution >= 4 is 5.91 Å². The second-order valence-corrected chi connectivity index (χ2v) is 6.53. The van der Waals surface area contributed by atoms with Crippen molar-refractivity contribution in [2.45, 2.75) is 45.4 Å². The van der Waals surface area contributed by atoms with E-state index in [1.54, 1.807) is 7.11 Å². The summed E-state index contributed by atoms with van der Waals surface area (Å²) in [7, 11) is 1.63. The lowest BCUT2D eigenvalue weighted by molar-refractivity contribution is 0.0937. The van der Waals surface area contributed by atoms with Crippen LogP contribution in [0.5, 0.6) is 5.75 Å². The van der Waals surface area contributed by atoms with Gasteiger partial charge in [-0.3, -0.25) is 4.79 Å². The van der Waals surface area contributed by atoms with E-state index in [0.717, 1.165) is 24.3 Å². The Bertz CT molecular complexity index is 532. The molecule has 126 valence electrons. The van der Waals surface area contributed by atoms with Crippen molar-refractivity contribution in [3.05, 3.63) is 42.0 Å². The Morgan fingerprint density at radius 2 is 2.13 bits per heavy atom. The molecular weight excluding hydrogens is 286 g/mol. The van der Waals surface area contributed by atoms with Crippen LogP contribution in [0.25, 0.3) is 0 Å². The van der Waals surface area contributed by atoms with Gasteiger partial charge in [0.1, 0.15) is 5.75 Å². The third-order valence-corrected chi connectivity index (χ3v) is 5.06. The smallest absolute Gasteiger partial charge is 0.251 e. The Morgan fingerprint density at radius 3 is 2.78 bits per heavy atom. The summed E-state index contributed by atoms with van der Waals surface area (Å²) >= 11 is 0. The van der Waals surface area contributed by atoms with Gasteiger partial charge in [-0.25, -0.2) is 0 Å². The Kier molecular flexibility index (Phi) is 6.69. The molecule has 0 unspecified atom stereocenters. The number of carbonyl (C=O) groups is 1. The molecule has 0 aliphatic heterocycles. The van der Waals surface area contributed by atoms with Crippen LogP contribution >= 0.6 is 0 Å². The Labute approximate surface area is 140 Å². The number of carbonyl (C=O) groups excluding carboxylic acids is 1. The average molecular weight is 315 g/mol. The Hall–Kier alpha value is -1.77. The molecular formula is C20H29NO2. The first-order chi connectivity index (χ1) is 11.2. The number of ether oxygens (including phenoxy) is 1. The molecule has 0 radical (unpaired) electrons. The highest BCUT2D eigenvalue weighted by Crippen LogP contribution is 2.31. The molecule has 1 aliphatic carbocycles. The lowest BCUT2D eigenvalue weighted by atomic mass is 9.78. The number of hydrogen-bond acceptors (Lipinski definition) is 2. The van der Waals surface area contributed by atoms with Gasteiger partial charge < -0.3 is 10.1 Å². The molecule has 1 fully saturated rings. The molecule has 23 heavy (non-hydrogen) atoms. The summed E-state index contributed by atoms with van der Waals surface area (Å²) in [6, 6.07) is 5.61. The van der Waals surface area contributed by atoms with Crippen LogP contribution < -0.4 is 10.1 Å². The molecule has 0 spiro atoms. The quantitative estimate of drug-likeness (QED) is 0.752. The highest BCUT2D eigenvalue weighted by molar-refractivity contribution is 5.96. The summed E-state index contributed by atoms with van der Waals surface area (Å²) in [4.78, 5) is 12.5. The molecule has 1 aromatic carbocycles. The molecule has 2 rings (SSSR count). The Balaban J connectivity index is 1.99. The third-order valence-electron chi connectivity index (χ3n) is 5.06. The average Bonchev–Trinajstić information content (AvgIpc) is 2.59. The van der Waals surface area contributed by atoms with Gasteiger partial charge in [0.2, 0.25) is 0 Å². The molecule has 0 saturated heterocycles. The van der Waals surface area contributed by atoms with E-state index in [1.807, 2.05) is 31.2 Å². The predicted octanol–water partition coefficient (Wildman–Crippen LogP) is 4.51.